The van der Waals surface area contributed by atoms with E-state index in [1.807, 2.05) is 4.90 Å². The van der Waals surface area contributed by atoms with E-state index < -0.39 is 29.9 Å². The zero-order chi connectivity index (χ0) is 26.3. The number of hydrogen-bond donors (Lipinski definition) is 0. The molecular weight excluding hydrogens is 482 g/mol. The van der Waals surface area contributed by atoms with E-state index in [0.29, 0.717) is 37.8 Å². The van der Waals surface area contributed by atoms with Crippen LogP contribution >= 0.6 is 0 Å². The summed E-state index contributed by atoms with van der Waals surface area (Å²) in [6, 6.07) is 16.4. The number of carbonyl (C=O) groups is 4. The number of ether oxygens (including phenoxy) is 5. The van der Waals surface area contributed by atoms with Crippen LogP contribution in [0, 0.1) is 0 Å². The molecular formula is C27H27NO9. The van der Waals surface area contributed by atoms with Gasteiger partial charge in [-0.3, -0.25) is 4.90 Å². The second-order valence-electron chi connectivity index (χ2n) is 7.70. The molecule has 37 heavy (non-hydrogen) atoms. The van der Waals surface area contributed by atoms with E-state index in [1.54, 1.807) is 60.7 Å². The van der Waals surface area contributed by atoms with Gasteiger partial charge in [-0.15, -0.1) is 0 Å². The van der Waals surface area contributed by atoms with Gasteiger partial charge in [-0.05, 0) is 24.3 Å². The van der Waals surface area contributed by atoms with E-state index in [9.17, 15) is 19.2 Å². The molecule has 0 aromatic heterocycles. The van der Waals surface area contributed by atoms with Crippen molar-refractivity contribution >= 4 is 23.9 Å². The van der Waals surface area contributed by atoms with Crippen LogP contribution < -0.4 is 9.47 Å². The molecule has 0 aliphatic carbocycles. The van der Waals surface area contributed by atoms with Crippen LogP contribution in [0.1, 0.15) is 0 Å². The van der Waals surface area contributed by atoms with Crippen LogP contribution in [0.25, 0.3) is 0 Å². The number of rotatable bonds is 11. The minimum Gasteiger partial charge on any atom is -0.461 e. The third-order valence-corrected chi connectivity index (χ3v) is 5.03. The van der Waals surface area contributed by atoms with E-state index in [0.717, 1.165) is 24.3 Å². The van der Waals surface area contributed by atoms with Crippen molar-refractivity contribution < 1.29 is 42.9 Å². The lowest BCUT2D eigenvalue weighted by Gasteiger charge is -2.33. The van der Waals surface area contributed by atoms with Gasteiger partial charge in [-0.1, -0.05) is 36.4 Å². The number of para-hydroxylation sites is 2. The topological polar surface area (TPSA) is 118 Å². The molecule has 10 nitrogen and oxygen atoms in total. The Morgan fingerprint density at radius 3 is 1.51 bits per heavy atom. The van der Waals surface area contributed by atoms with Gasteiger partial charge >= 0.3 is 23.9 Å². The van der Waals surface area contributed by atoms with E-state index >= 15 is 0 Å². The smallest absolute Gasteiger partial charge is 0.336 e. The first-order chi connectivity index (χ1) is 18.0. The molecule has 194 valence electrons. The van der Waals surface area contributed by atoms with Gasteiger partial charge in [0.05, 0.1) is 19.3 Å². The maximum Gasteiger partial charge on any atom is 0.336 e. The third-order valence-electron chi connectivity index (χ3n) is 5.03. The van der Waals surface area contributed by atoms with Crippen LogP contribution in [-0.4, -0.2) is 74.3 Å². The quantitative estimate of drug-likeness (QED) is 0.253. The minimum atomic E-state index is -0.752. The van der Waals surface area contributed by atoms with Gasteiger partial charge in [0.15, 0.2) is 0 Å². The molecule has 2 aromatic carbocycles. The summed E-state index contributed by atoms with van der Waals surface area (Å²) in [6.07, 6.45) is 3.88. The van der Waals surface area contributed by atoms with Crippen LogP contribution in [-0.2, 0) is 33.4 Å². The molecule has 1 aliphatic rings. The SMILES string of the molecule is O=C(/C=C/C(=O)Oc1ccccc1)OCC(COC(=O)/C=C/C(=O)Oc1ccccc1)N1CCOCC1. The first-order valence-corrected chi connectivity index (χ1v) is 11.5. The molecule has 1 heterocycles. The summed E-state index contributed by atoms with van der Waals surface area (Å²) >= 11 is 0. The van der Waals surface area contributed by atoms with Crippen LogP contribution in [0.15, 0.2) is 85.0 Å². The molecule has 1 aliphatic heterocycles. The summed E-state index contributed by atoms with van der Waals surface area (Å²) in [5, 5.41) is 0. The zero-order valence-electron chi connectivity index (χ0n) is 20.0. The lowest BCUT2D eigenvalue weighted by atomic mass is 10.2. The lowest BCUT2D eigenvalue weighted by molar-refractivity contribution is -0.145. The van der Waals surface area contributed by atoms with Crippen molar-refractivity contribution in [1.29, 1.82) is 0 Å². The largest absolute Gasteiger partial charge is 0.461 e. The highest BCUT2D eigenvalue weighted by atomic mass is 16.6. The summed E-state index contributed by atoms with van der Waals surface area (Å²) in [4.78, 5) is 49.9. The molecule has 10 heteroatoms. The van der Waals surface area contributed by atoms with Gasteiger partial charge in [0.2, 0.25) is 0 Å². The lowest BCUT2D eigenvalue weighted by Crippen LogP contribution is -2.48. The van der Waals surface area contributed by atoms with E-state index in [-0.39, 0.29) is 13.2 Å². The first-order valence-electron chi connectivity index (χ1n) is 11.5. The van der Waals surface area contributed by atoms with Crippen LogP contribution in [0.4, 0.5) is 0 Å². The zero-order valence-corrected chi connectivity index (χ0v) is 20.0. The predicted molar refractivity (Wildman–Crippen MR) is 131 cm³/mol. The summed E-state index contributed by atoms with van der Waals surface area (Å²) in [6.45, 7) is 1.88. The molecule has 0 saturated carbocycles. The average molecular weight is 510 g/mol. The van der Waals surface area contributed by atoms with E-state index in [2.05, 4.69) is 0 Å². The number of esters is 4. The number of carbonyl (C=O) groups excluding carboxylic acids is 4. The van der Waals surface area contributed by atoms with Crippen LogP contribution in [0.2, 0.25) is 0 Å². The molecule has 0 bridgehead atoms. The molecule has 1 saturated heterocycles. The minimum absolute atomic E-state index is 0.0933. The fourth-order valence-corrected chi connectivity index (χ4v) is 3.20. The molecule has 0 unspecified atom stereocenters. The average Bonchev–Trinajstić information content (AvgIpc) is 2.92. The molecule has 2 aromatic rings. The molecule has 0 atom stereocenters. The first kappa shape index (κ1) is 27.3. The second-order valence-corrected chi connectivity index (χ2v) is 7.70. The van der Waals surface area contributed by atoms with Crippen molar-refractivity contribution in [3.8, 4) is 11.5 Å². The Hall–Kier alpha value is -4.28. The Morgan fingerprint density at radius 1 is 0.676 bits per heavy atom. The fourth-order valence-electron chi connectivity index (χ4n) is 3.20. The Morgan fingerprint density at radius 2 is 1.08 bits per heavy atom. The Kier molecular flexibility index (Phi) is 11.0. The molecule has 0 amide bonds. The molecule has 3 rings (SSSR count). The summed E-state index contributed by atoms with van der Waals surface area (Å²) < 4.78 is 26.0. The van der Waals surface area contributed by atoms with Crippen molar-refractivity contribution in [1.82, 2.24) is 4.90 Å². The predicted octanol–water partition coefficient (Wildman–Crippen LogP) is 2.10. The van der Waals surface area contributed by atoms with Gasteiger partial charge in [-0.25, -0.2) is 19.2 Å². The molecule has 0 spiro atoms. The number of hydrogen-bond acceptors (Lipinski definition) is 10. The highest BCUT2D eigenvalue weighted by Crippen LogP contribution is 2.10. The van der Waals surface area contributed by atoms with Crippen molar-refractivity contribution in [2.75, 3.05) is 39.5 Å². The number of nitrogens with zero attached hydrogens (tertiary/aromatic N) is 1. The third kappa shape index (κ3) is 10.5. The second kappa shape index (κ2) is 15.0. The van der Waals surface area contributed by atoms with E-state index in [1.165, 1.54) is 0 Å². The van der Waals surface area contributed by atoms with Crippen LogP contribution in [0.3, 0.4) is 0 Å². The molecule has 1 fully saturated rings. The van der Waals surface area contributed by atoms with Gasteiger partial charge in [-0.2, -0.15) is 0 Å². The summed E-state index contributed by atoms with van der Waals surface area (Å²) in [5.74, 6) is -2.25. The van der Waals surface area contributed by atoms with Crippen molar-refractivity contribution in [3.63, 3.8) is 0 Å². The van der Waals surface area contributed by atoms with Gasteiger partial charge in [0, 0.05) is 37.4 Å². The van der Waals surface area contributed by atoms with Gasteiger partial charge in [0.1, 0.15) is 24.7 Å². The van der Waals surface area contributed by atoms with Crippen molar-refractivity contribution in [2.24, 2.45) is 0 Å². The maximum atomic E-state index is 12.1. The molecule has 0 N–H and O–H groups in total. The highest BCUT2D eigenvalue weighted by Gasteiger charge is 2.23. The number of benzene rings is 2. The Bertz CT molecular complexity index is 1010. The summed E-state index contributed by atoms with van der Waals surface area (Å²) in [7, 11) is 0. The van der Waals surface area contributed by atoms with Gasteiger partial charge in [0.25, 0.3) is 0 Å². The Labute approximate surface area is 214 Å². The van der Waals surface area contributed by atoms with E-state index in [4.69, 9.17) is 23.7 Å². The highest BCUT2D eigenvalue weighted by molar-refractivity contribution is 5.93. The van der Waals surface area contributed by atoms with Crippen molar-refractivity contribution in [3.05, 3.63) is 85.0 Å². The Balaban J connectivity index is 1.46. The van der Waals surface area contributed by atoms with Crippen LogP contribution in [0.5, 0.6) is 11.5 Å². The molecule has 0 radical (unpaired) electrons. The monoisotopic (exact) mass is 509 g/mol. The fraction of sp³-hybridized carbons (Fsp3) is 0.259. The summed E-state index contributed by atoms with van der Waals surface area (Å²) in [5.41, 5.74) is 0. The maximum absolute atomic E-state index is 12.1. The standard InChI is InChI=1S/C27H27NO9/c29-24(11-13-26(31)36-22-7-3-1-4-8-22)34-19-21(28-15-17-33-18-16-28)20-35-25(30)12-14-27(32)37-23-9-5-2-6-10-23/h1-14,21H,15-20H2/b13-11+,14-12+. The number of morpholine rings is 1. The van der Waals surface area contributed by atoms with Crippen molar-refractivity contribution in [2.45, 2.75) is 6.04 Å². The van der Waals surface area contributed by atoms with Gasteiger partial charge < -0.3 is 23.7 Å². The normalized spacial score (nSPS) is 14.0.